The van der Waals surface area contributed by atoms with E-state index in [1.165, 1.54) is 18.1 Å². The number of aromatic nitrogens is 4. The fourth-order valence-corrected chi connectivity index (χ4v) is 4.92. The maximum atomic E-state index is 6.14. The third kappa shape index (κ3) is 4.55. The van der Waals surface area contributed by atoms with Crippen molar-refractivity contribution in [2.75, 3.05) is 25.5 Å². The minimum atomic E-state index is 0.370. The molecule has 3 N–H and O–H groups in total. The summed E-state index contributed by atoms with van der Waals surface area (Å²) in [6.07, 6.45) is 2.41. The van der Waals surface area contributed by atoms with Crippen LogP contribution in [0.5, 0.6) is 11.5 Å². The number of imidazole rings is 1. The molecule has 0 spiro atoms. The monoisotopic (exact) mass is 480 g/mol. The molecule has 10 heteroatoms. The summed E-state index contributed by atoms with van der Waals surface area (Å²) < 4.78 is 19.8. The lowest BCUT2D eigenvalue weighted by atomic mass is 10.1. The zero-order valence-corrected chi connectivity index (χ0v) is 20.3. The number of nitrogens with zero attached hydrogens (tertiary/aromatic N) is 4. The molecule has 3 aromatic heterocycles. The van der Waals surface area contributed by atoms with Crippen LogP contribution in [0, 0.1) is 6.92 Å². The molecular formula is C24H28N6O3S. The highest BCUT2D eigenvalue weighted by Gasteiger charge is 2.22. The highest BCUT2D eigenvalue weighted by molar-refractivity contribution is 7.99. The number of nitrogens with two attached hydrogens (primary N) is 1. The number of furan rings is 1. The second-order valence-electron chi connectivity index (χ2n) is 8.44. The normalized spacial score (nSPS) is 13.2. The molecule has 0 fully saturated rings. The van der Waals surface area contributed by atoms with Crippen molar-refractivity contribution in [1.29, 1.82) is 0 Å². The van der Waals surface area contributed by atoms with Gasteiger partial charge in [-0.25, -0.2) is 15.0 Å². The van der Waals surface area contributed by atoms with Gasteiger partial charge in [-0.05, 0) is 44.2 Å². The number of benzene rings is 1. The average Bonchev–Trinajstić information content (AvgIpc) is 3.40. The number of fused-ring (bicyclic) bond motifs is 2. The van der Waals surface area contributed by atoms with Crippen LogP contribution < -0.4 is 20.5 Å². The summed E-state index contributed by atoms with van der Waals surface area (Å²) >= 11 is 1.53. The fraction of sp³-hybridized carbons (Fsp3) is 0.375. The molecule has 0 atom stereocenters. The molecule has 1 aliphatic heterocycles. The van der Waals surface area contributed by atoms with Gasteiger partial charge in [-0.1, -0.05) is 25.6 Å². The molecule has 0 saturated carbocycles. The summed E-state index contributed by atoms with van der Waals surface area (Å²) in [5.74, 6) is 3.40. The van der Waals surface area contributed by atoms with Gasteiger partial charge in [0.2, 0.25) is 0 Å². The highest BCUT2D eigenvalue weighted by Crippen LogP contribution is 2.44. The molecule has 4 aromatic rings. The molecule has 178 valence electrons. The fourth-order valence-electron chi connectivity index (χ4n) is 3.87. The zero-order valence-electron chi connectivity index (χ0n) is 19.5. The van der Waals surface area contributed by atoms with Crippen LogP contribution >= 0.6 is 11.8 Å². The third-order valence-electron chi connectivity index (χ3n) is 5.49. The minimum absolute atomic E-state index is 0.370. The lowest BCUT2D eigenvalue weighted by molar-refractivity contribution is 0.171. The first-order chi connectivity index (χ1) is 16.5. The summed E-state index contributed by atoms with van der Waals surface area (Å²) in [5, 5.41) is 4.25. The predicted octanol–water partition coefficient (Wildman–Crippen LogP) is 4.29. The number of hydrogen-bond donors (Lipinski definition) is 2. The van der Waals surface area contributed by atoms with Gasteiger partial charge in [0.05, 0.1) is 0 Å². The molecule has 0 aliphatic carbocycles. The number of hydrogen-bond acceptors (Lipinski definition) is 9. The van der Waals surface area contributed by atoms with E-state index in [2.05, 4.69) is 33.7 Å². The van der Waals surface area contributed by atoms with Crippen LogP contribution in [-0.4, -0.2) is 45.3 Å². The largest absolute Gasteiger partial charge is 0.486 e. The molecule has 9 nitrogen and oxygen atoms in total. The summed E-state index contributed by atoms with van der Waals surface area (Å²) in [5.41, 5.74) is 8.39. The van der Waals surface area contributed by atoms with Crippen molar-refractivity contribution in [3.63, 3.8) is 0 Å². The number of rotatable bonds is 8. The van der Waals surface area contributed by atoms with E-state index in [4.69, 9.17) is 24.6 Å². The van der Waals surface area contributed by atoms with Crippen molar-refractivity contribution < 1.29 is 13.9 Å². The first kappa shape index (κ1) is 22.5. The van der Waals surface area contributed by atoms with Gasteiger partial charge in [0.1, 0.15) is 31.1 Å². The Morgan fingerprint density at radius 1 is 1.15 bits per heavy atom. The molecule has 5 rings (SSSR count). The first-order valence-electron chi connectivity index (χ1n) is 11.4. The van der Waals surface area contributed by atoms with Crippen molar-refractivity contribution >= 4 is 28.7 Å². The van der Waals surface area contributed by atoms with E-state index in [9.17, 15) is 0 Å². The van der Waals surface area contributed by atoms with Crippen LogP contribution in [0.3, 0.4) is 0 Å². The molecule has 1 aromatic carbocycles. The second-order valence-corrected chi connectivity index (χ2v) is 9.45. The highest BCUT2D eigenvalue weighted by atomic mass is 32.2. The van der Waals surface area contributed by atoms with Crippen LogP contribution in [0.25, 0.3) is 22.5 Å². The van der Waals surface area contributed by atoms with Crippen LogP contribution in [0.15, 0.2) is 45.1 Å². The molecule has 0 bridgehead atoms. The quantitative estimate of drug-likeness (QED) is 0.357. The number of aryl methyl sites for hydroxylation is 2. The van der Waals surface area contributed by atoms with Crippen LogP contribution in [0.1, 0.15) is 26.0 Å². The predicted molar refractivity (Wildman–Crippen MR) is 131 cm³/mol. The molecule has 0 unspecified atom stereocenters. The van der Waals surface area contributed by atoms with Crippen molar-refractivity contribution in [3.05, 3.63) is 36.4 Å². The molecule has 1 aliphatic rings. The maximum Gasteiger partial charge on any atom is 0.175 e. The third-order valence-corrected chi connectivity index (χ3v) is 6.54. The Hall–Kier alpha value is -3.24. The van der Waals surface area contributed by atoms with Gasteiger partial charge in [0.25, 0.3) is 0 Å². The van der Waals surface area contributed by atoms with E-state index in [1.54, 1.807) is 0 Å². The summed E-state index contributed by atoms with van der Waals surface area (Å²) in [4.78, 5) is 14.4. The van der Waals surface area contributed by atoms with Gasteiger partial charge < -0.3 is 29.5 Å². The van der Waals surface area contributed by atoms with Gasteiger partial charge in [-0.3, -0.25) is 0 Å². The minimum Gasteiger partial charge on any atom is -0.486 e. The van der Waals surface area contributed by atoms with Crippen molar-refractivity contribution in [2.24, 2.45) is 0 Å². The summed E-state index contributed by atoms with van der Waals surface area (Å²) in [7, 11) is 0. The lowest BCUT2D eigenvalue weighted by Gasteiger charge is -2.20. The summed E-state index contributed by atoms with van der Waals surface area (Å²) in [6.45, 7) is 8.89. The van der Waals surface area contributed by atoms with E-state index in [1.807, 2.05) is 31.2 Å². The second kappa shape index (κ2) is 9.55. The summed E-state index contributed by atoms with van der Waals surface area (Å²) in [6, 6.07) is 8.32. The zero-order chi connectivity index (χ0) is 23.7. The lowest BCUT2D eigenvalue weighted by Crippen LogP contribution is -2.24. The molecule has 34 heavy (non-hydrogen) atoms. The van der Waals surface area contributed by atoms with Gasteiger partial charge in [0, 0.05) is 23.0 Å². The Kier molecular flexibility index (Phi) is 6.34. The van der Waals surface area contributed by atoms with Gasteiger partial charge >= 0.3 is 0 Å². The number of anilines is 1. The Morgan fingerprint density at radius 3 is 2.68 bits per heavy atom. The van der Waals surface area contributed by atoms with Crippen LogP contribution in [-0.2, 0) is 6.54 Å². The number of nitrogens with one attached hydrogen (secondary N) is 1. The Morgan fingerprint density at radius 2 is 1.94 bits per heavy atom. The molecule has 0 amide bonds. The molecular weight excluding hydrogens is 452 g/mol. The number of nitrogen functional groups attached to an aromatic ring is 1. The van der Waals surface area contributed by atoms with Crippen LogP contribution in [0.2, 0.25) is 0 Å². The Labute approximate surface area is 202 Å². The van der Waals surface area contributed by atoms with E-state index < -0.39 is 0 Å². The van der Waals surface area contributed by atoms with Crippen molar-refractivity contribution in [3.8, 4) is 22.8 Å². The van der Waals surface area contributed by atoms with Gasteiger partial charge in [0.15, 0.2) is 33.6 Å². The smallest absolute Gasteiger partial charge is 0.175 e. The SMILES string of the molecule is Cc1ccc(-c2cc3c(cc2Sc2nc4c(N)ncnc4n2CCCNC(C)C)OCCO3)o1. The average molecular weight is 481 g/mol. The van der Waals surface area contributed by atoms with Crippen LogP contribution in [0.4, 0.5) is 5.82 Å². The Balaban J connectivity index is 1.56. The standard InChI is InChI=1S/C24H28N6O3S/c1-14(2)26-7-4-8-30-23-21(22(25)27-13-28-23)29-24(30)34-20-12-19-18(31-9-10-32-19)11-16(20)17-6-5-15(3)33-17/h5-6,11-14,26H,4,7-10H2,1-3H3,(H2,25,27,28). The van der Waals surface area contributed by atoms with Crippen molar-refractivity contribution in [1.82, 2.24) is 24.8 Å². The molecule has 0 radical (unpaired) electrons. The van der Waals surface area contributed by atoms with Gasteiger partial charge in [-0.15, -0.1) is 0 Å². The van der Waals surface area contributed by atoms with E-state index >= 15 is 0 Å². The Bertz CT molecular complexity index is 1320. The van der Waals surface area contributed by atoms with E-state index in [-0.39, 0.29) is 0 Å². The molecule has 0 saturated heterocycles. The molecule has 4 heterocycles. The maximum absolute atomic E-state index is 6.14. The number of ether oxygens (including phenoxy) is 2. The topological polar surface area (TPSA) is 113 Å². The van der Waals surface area contributed by atoms with E-state index in [0.717, 1.165) is 52.3 Å². The van der Waals surface area contributed by atoms with E-state index in [0.29, 0.717) is 42.1 Å². The van der Waals surface area contributed by atoms with Gasteiger partial charge in [-0.2, -0.15) is 0 Å². The first-order valence-corrected chi connectivity index (χ1v) is 12.2. The van der Waals surface area contributed by atoms with Crippen molar-refractivity contribution in [2.45, 2.75) is 49.8 Å².